The van der Waals surface area contributed by atoms with Crippen LogP contribution in [-0.2, 0) is 5.92 Å². The van der Waals surface area contributed by atoms with E-state index in [1.54, 1.807) is 6.92 Å². The zero-order valence-corrected chi connectivity index (χ0v) is 9.18. The van der Waals surface area contributed by atoms with Crippen molar-refractivity contribution in [2.75, 3.05) is 0 Å². The Kier molecular flexibility index (Phi) is 3.20. The number of halogens is 6. The molecule has 90 valence electrons. The fourth-order valence-electron chi connectivity index (χ4n) is 1.16. The molecule has 0 spiro atoms. The van der Waals surface area contributed by atoms with E-state index in [1.165, 1.54) is 6.92 Å². The second-order valence-electron chi connectivity index (χ2n) is 3.47. The fourth-order valence-corrected chi connectivity index (χ4v) is 1.43. The molecule has 0 radical (unpaired) electrons. The van der Waals surface area contributed by atoms with Crippen LogP contribution in [0.5, 0.6) is 0 Å². The Morgan fingerprint density at radius 3 is 1.88 bits per heavy atom. The minimum absolute atomic E-state index is 0.0982. The maximum absolute atomic E-state index is 13.0. The maximum atomic E-state index is 13.0. The van der Waals surface area contributed by atoms with E-state index in [2.05, 4.69) is 0 Å². The van der Waals surface area contributed by atoms with Gasteiger partial charge in [-0.2, -0.15) is 22.0 Å². The third kappa shape index (κ3) is 2.14. The first kappa shape index (κ1) is 13.2. The van der Waals surface area contributed by atoms with Crippen molar-refractivity contribution in [3.63, 3.8) is 0 Å². The highest BCUT2D eigenvalue weighted by atomic mass is 35.5. The molecule has 0 saturated heterocycles. The van der Waals surface area contributed by atoms with Crippen LogP contribution < -0.4 is 0 Å². The summed E-state index contributed by atoms with van der Waals surface area (Å²) in [4.78, 5) is 0. The molecule has 0 N–H and O–H groups in total. The lowest BCUT2D eigenvalue weighted by molar-refractivity contribution is -0.289. The summed E-state index contributed by atoms with van der Waals surface area (Å²) in [5.41, 5.74) is -0.345. The average molecular weight is 259 g/mol. The van der Waals surface area contributed by atoms with E-state index < -0.39 is 17.7 Å². The van der Waals surface area contributed by atoms with Crippen LogP contribution in [0.25, 0.3) is 0 Å². The molecule has 0 aliphatic heterocycles. The minimum atomic E-state index is -5.61. The van der Waals surface area contributed by atoms with Crippen LogP contribution in [0.4, 0.5) is 22.0 Å². The highest BCUT2D eigenvalue weighted by Gasteiger charge is 2.58. The summed E-state index contributed by atoms with van der Waals surface area (Å²) in [6, 6.07) is 1.45. The van der Waals surface area contributed by atoms with Crippen LogP contribution in [0.3, 0.4) is 0 Å². The maximum Gasteiger partial charge on any atom is 0.458 e. The van der Waals surface area contributed by atoms with E-state index in [-0.39, 0.29) is 5.02 Å². The van der Waals surface area contributed by atoms with Gasteiger partial charge in [-0.05, 0) is 37.1 Å². The molecule has 0 amide bonds. The van der Waals surface area contributed by atoms with Gasteiger partial charge in [-0.25, -0.2) is 0 Å². The van der Waals surface area contributed by atoms with Gasteiger partial charge in [-0.15, -0.1) is 0 Å². The van der Waals surface area contributed by atoms with Gasteiger partial charge in [-0.1, -0.05) is 11.6 Å². The standard InChI is InChI=1S/C10H8ClF5/c1-5-3-7(4-8(11)6(5)2)9(12,13)10(14,15)16/h3-4H,1-2H3. The van der Waals surface area contributed by atoms with Crippen molar-refractivity contribution in [3.05, 3.63) is 33.8 Å². The van der Waals surface area contributed by atoms with E-state index >= 15 is 0 Å². The van der Waals surface area contributed by atoms with Crippen molar-refractivity contribution in [2.24, 2.45) is 0 Å². The average Bonchev–Trinajstić information content (AvgIpc) is 2.11. The summed E-state index contributed by atoms with van der Waals surface area (Å²) >= 11 is 5.57. The summed E-state index contributed by atoms with van der Waals surface area (Å²) in [6.45, 7) is 2.98. The van der Waals surface area contributed by atoms with Crippen LogP contribution in [0, 0.1) is 13.8 Å². The lowest BCUT2D eigenvalue weighted by Crippen LogP contribution is -2.33. The number of hydrogen-bond acceptors (Lipinski definition) is 0. The minimum Gasteiger partial charge on any atom is -0.191 e. The third-order valence-corrected chi connectivity index (χ3v) is 2.72. The van der Waals surface area contributed by atoms with Crippen LogP contribution in [0.1, 0.15) is 16.7 Å². The second-order valence-corrected chi connectivity index (χ2v) is 3.88. The van der Waals surface area contributed by atoms with E-state index in [9.17, 15) is 22.0 Å². The largest absolute Gasteiger partial charge is 0.458 e. The molecule has 0 nitrogen and oxygen atoms in total. The molecule has 0 aliphatic carbocycles. The van der Waals surface area contributed by atoms with Crippen LogP contribution >= 0.6 is 11.6 Å². The highest BCUT2D eigenvalue weighted by Crippen LogP contribution is 2.45. The predicted octanol–water partition coefficient (Wildman–Crippen LogP) is 4.61. The summed E-state index contributed by atoms with van der Waals surface area (Å²) < 4.78 is 62.2. The summed E-state index contributed by atoms with van der Waals surface area (Å²) in [5, 5.41) is -0.0982. The molecule has 6 heteroatoms. The Morgan fingerprint density at radius 2 is 1.50 bits per heavy atom. The number of rotatable bonds is 1. The molecule has 0 aliphatic rings. The Bertz CT molecular complexity index is 385. The topological polar surface area (TPSA) is 0 Å². The second kappa shape index (κ2) is 3.87. The molecular formula is C10H8ClF5. The molecule has 0 aromatic heterocycles. The lowest BCUT2D eigenvalue weighted by atomic mass is 10.0. The first-order valence-electron chi connectivity index (χ1n) is 4.29. The fraction of sp³-hybridized carbons (Fsp3) is 0.400. The molecule has 0 bridgehead atoms. The van der Waals surface area contributed by atoms with Crippen molar-refractivity contribution >= 4 is 11.6 Å². The Balaban J connectivity index is 3.35. The molecule has 0 saturated carbocycles. The third-order valence-electron chi connectivity index (χ3n) is 2.32. The molecule has 0 unspecified atom stereocenters. The van der Waals surface area contributed by atoms with Gasteiger partial charge in [0.25, 0.3) is 0 Å². The first-order chi connectivity index (χ1) is 7.07. The Morgan fingerprint density at radius 1 is 1.00 bits per heavy atom. The zero-order valence-electron chi connectivity index (χ0n) is 8.42. The molecule has 0 atom stereocenters. The van der Waals surface area contributed by atoms with Crippen molar-refractivity contribution in [1.29, 1.82) is 0 Å². The van der Waals surface area contributed by atoms with Gasteiger partial charge >= 0.3 is 12.1 Å². The summed E-state index contributed by atoms with van der Waals surface area (Å²) in [5.74, 6) is -4.88. The highest BCUT2D eigenvalue weighted by molar-refractivity contribution is 6.31. The lowest BCUT2D eigenvalue weighted by Gasteiger charge is -2.21. The number of hydrogen-bond donors (Lipinski definition) is 0. The molecule has 1 aromatic rings. The van der Waals surface area contributed by atoms with Gasteiger partial charge in [0.15, 0.2) is 0 Å². The van der Waals surface area contributed by atoms with Crippen LogP contribution in [0.15, 0.2) is 12.1 Å². The molecule has 1 aromatic carbocycles. The van der Waals surface area contributed by atoms with Crippen LogP contribution in [-0.4, -0.2) is 6.18 Å². The molecular weight excluding hydrogens is 251 g/mol. The Labute approximate surface area is 94.0 Å². The van der Waals surface area contributed by atoms with Crippen LogP contribution in [0.2, 0.25) is 5.02 Å². The van der Waals surface area contributed by atoms with E-state index in [0.717, 1.165) is 6.07 Å². The van der Waals surface area contributed by atoms with Crippen molar-refractivity contribution in [2.45, 2.75) is 25.9 Å². The monoisotopic (exact) mass is 258 g/mol. The first-order valence-corrected chi connectivity index (χ1v) is 4.67. The van der Waals surface area contributed by atoms with E-state index in [4.69, 9.17) is 11.6 Å². The molecule has 1 rings (SSSR count). The quantitative estimate of drug-likeness (QED) is 0.645. The van der Waals surface area contributed by atoms with Crippen molar-refractivity contribution < 1.29 is 22.0 Å². The predicted molar refractivity (Wildman–Crippen MR) is 50.9 cm³/mol. The summed E-state index contributed by atoms with van der Waals surface area (Å²) in [6.07, 6.45) is -5.61. The van der Waals surface area contributed by atoms with Gasteiger partial charge in [0.2, 0.25) is 0 Å². The van der Waals surface area contributed by atoms with Gasteiger partial charge in [0.05, 0.1) is 0 Å². The van der Waals surface area contributed by atoms with Gasteiger partial charge in [0.1, 0.15) is 0 Å². The van der Waals surface area contributed by atoms with E-state index in [0.29, 0.717) is 17.2 Å². The zero-order chi connectivity index (χ0) is 12.7. The normalized spacial score (nSPS) is 13.0. The van der Waals surface area contributed by atoms with E-state index in [1.807, 2.05) is 0 Å². The van der Waals surface area contributed by atoms with Crippen molar-refractivity contribution in [1.82, 2.24) is 0 Å². The number of alkyl halides is 5. The number of aryl methyl sites for hydroxylation is 1. The van der Waals surface area contributed by atoms with Gasteiger partial charge in [0, 0.05) is 10.6 Å². The number of benzene rings is 1. The Hall–Kier alpha value is -0.840. The molecule has 0 heterocycles. The van der Waals surface area contributed by atoms with Gasteiger partial charge < -0.3 is 0 Å². The van der Waals surface area contributed by atoms with Gasteiger partial charge in [-0.3, -0.25) is 0 Å². The SMILES string of the molecule is Cc1cc(C(F)(F)C(F)(F)F)cc(Cl)c1C. The molecule has 16 heavy (non-hydrogen) atoms. The van der Waals surface area contributed by atoms with Crippen molar-refractivity contribution in [3.8, 4) is 0 Å². The summed E-state index contributed by atoms with van der Waals surface area (Å²) in [7, 11) is 0. The molecule has 0 fully saturated rings. The smallest absolute Gasteiger partial charge is 0.191 e.